The summed E-state index contributed by atoms with van der Waals surface area (Å²) in [5.74, 6) is -1.32. The highest BCUT2D eigenvalue weighted by molar-refractivity contribution is 5.66. The Morgan fingerprint density at radius 3 is 2.36 bits per heavy atom. The van der Waals surface area contributed by atoms with Gasteiger partial charge in [-0.1, -0.05) is 6.92 Å². The van der Waals surface area contributed by atoms with Crippen molar-refractivity contribution in [3.63, 3.8) is 0 Å². The third-order valence-electron chi connectivity index (χ3n) is 1.77. The first-order valence-electron chi connectivity index (χ1n) is 4.57. The van der Waals surface area contributed by atoms with Gasteiger partial charge in [0, 0.05) is 13.1 Å². The lowest BCUT2D eigenvalue weighted by Gasteiger charge is -2.24. The number of carboxylic acids is 1. The highest BCUT2D eigenvalue weighted by Crippen LogP contribution is 1.93. The van der Waals surface area contributed by atoms with Crippen LogP contribution in [0.5, 0.6) is 0 Å². The Hall–Kier alpha value is -1.12. The first-order chi connectivity index (χ1) is 6.70. The third kappa shape index (κ3) is 7.53. The molecule has 0 aliphatic carbocycles. The summed E-state index contributed by atoms with van der Waals surface area (Å²) >= 11 is 0. The maximum absolute atomic E-state index is 9.27. The smallest absolute Gasteiger partial charge is 0.0747 e. The van der Waals surface area contributed by atoms with E-state index < -0.39 is 12.4 Å². The third-order valence-corrected chi connectivity index (χ3v) is 1.77. The molecule has 5 heteroatoms. The van der Waals surface area contributed by atoms with E-state index in [0.717, 1.165) is 26.3 Å². The van der Waals surface area contributed by atoms with Gasteiger partial charge in [0.05, 0.1) is 31.7 Å². The van der Waals surface area contributed by atoms with E-state index in [1.165, 1.54) is 12.6 Å². The van der Waals surface area contributed by atoms with E-state index >= 15 is 0 Å². The molecule has 0 spiro atoms. The zero-order chi connectivity index (χ0) is 10.8. The van der Waals surface area contributed by atoms with Crippen LogP contribution in [0.4, 0.5) is 0 Å². The Kier molecular flexibility index (Phi) is 7.80. The molecule has 0 bridgehead atoms. The number of carboxylic acid groups (broad SMARTS) is 1. The van der Waals surface area contributed by atoms with Crippen LogP contribution in [0.15, 0.2) is 0 Å². The van der Waals surface area contributed by atoms with Gasteiger partial charge in [-0.3, -0.25) is 4.90 Å². The fraction of sp³-hybridized carbons (Fsp3) is 0.778. The molecule has 0 saturated carbocycles. The van der Waals surface area contributed by atoms with Gasteiger partial charge >= 0.3 is 0 Å². The first-order valence-corrected chi connectivity index (χ1v) is 4.57. The maximum Gasteiger partial charge on any atom is 0.0747 e. The summed E-state index contributed by atoms with van der Waals surface area (Å²) in [6.45, 7) is 7.45. The summed E-state index contributed by atoms with van der Waals surface area (Å²) in [7, 11) is 0. The average Bonchev–Trinajstić information content (AvgIpc) is 2.20. The number of aliphatic carboxylic acids is 1. The molecule has 0 aromatic carbocycles. The number of rotatable bonds is 2. The number of likely N-dealkylation sites (N-methyl/N-ethyl adjacent to an activating group) is 1. The molecular weight excluding hydrogens is 184 g/mol. The van der Waals surface area contributed by atoms with Crippen molar-refractivity contribution in [3.05, 3.63) is 0 Å². The van der Waals surface area contributed by atoms with Crippen molar-refractivity contribution in [1.82, 2.24) is 4.90 Å². The molecule has 0 amide bonds. The Bertz CT molecular complexity index is 195. The normalized spacial score (nSPS) is 16.3. The van der Waals surface area contributed by atoms with Gasteiger partial charge in [-0.15, -0.1) is 0 Å². The lowest BCUT2D eigenvalue weighted by Crippen LogP contribution is -2.35. The SMILES string of the molecule is CCN1CCOCC1.N#CCC(=O)[O-]. The van der Waals surface area contributed by atoms with Crippen LogP contribution in [-0.4, -0.2) is 43.7 Å². The van der Waals surface area contributed by atoms with E-state index in [1.807, 2.05) is 0 Å². The number of morpholine rings is 1. The van der Waals surface area contributed by atoms with Crippen molar-refractivity contribution in [2.75, 3.05) is 32.8 Å². The minimum atomic E-state index is -1.32. The van der Waals surface area contributed by atoms with Crippen molar-refractivity contribution in [3.8, 4) is 6.07 Å². The number of hydrogen-bond acceptors (Lipinski definition) is 5. The molecule has 1 aliphatic rings. The number of hydrogen-bond donors (Lipinski definition) is 0. The van der Waals surface area contributed by atoms with Crippen LogP contribution in [0.25, 0.3) is 0 Å². The Labute approximate surface area is 83.9 Å². The standard InChI is InChI=1S/C6H13NO.C3H3NO2/c1-2-7-3-5-8-6-4-7;4-2-1-3(5)6/h2-6H2,1H3;1H2,(H,5,6)/p-1. The average molecular weight is 199 g/mol. The van der Waals surface area contributed by atoms with Gasteiger partial charge < -0.3 is 14.6 Å². The van der Waals surface area contributed by atoms with Gasteiger partial charge in [0.15, 0.2) is 0 Å². The Balaban J connectivity index is 0.000000255. The Morgan fingerprint density at radius 2 is 2.14 bits per heavy atom. The molecule has 1 saturated heterocycles. The minimum absolute atomic E-state index is 0.514. The van der Waals surface area contributed by atoms with Gasteiger partial charge in [0.2, 0.25) is 0 Å². The van der Waals surface area contributed by atoms with Gasteiger partial charge in [-0.2, -0.15) is 5.26 Å². The molecule has 1 aliphatic heterocycles. The van der Waals surface area contributed by atoms with Crippen LogP contribution in [0.1, 0.15) is 13.3 Å². The van der Waals surface area contributed by atoms with Crippen molar-refractivity contribution >= 4 is 5.97 Å². The van der Waals surface area contributed by atoms with Crippen molar-refractivity contribution < 1.29 is 14.6 Å². The second-order valence-electron chi connectivity index (χ2n) is 2.75. The second-order valence-corrected chi connectivity index (χ2v) is 2.75. The maximum atomic E-state index is 9.27. The topological polar surface area (TPSA) is 76.4 Å². The molecule has 5 nitrogen and oxygen atoms in total. The lowest BCUT2D eigenvalue weighted by atomic mass is 10.4. The number of nitrogens with zero attached hydrogens (tertiary/aromatic N) is 2. The molecule has 0 radical (unpaired) electrons. The predicted molar refractivity (Wildman–Crippen MR) is 48.2 cm³/mol. The van der Waals surface area contributed by atoms with Crippen LogP contribution in [-0.2, 0) is 9.53 Å². The predicted octanol–water partition coefficient (Wildman–Crippen LogP) is -1.01. The van der Waals surface area contributed by atoms with E-state index in [2.05, 4.69) is 11.8 Å². The largest absolute Gasteiger partial charge is 0.549 e. The summed E-state index contributed by atoms with van der Waals surface area (Å²) in [5, 5.41) is 16.8. The van der Waals surface area contributed by atoms with Gasteiger partial charge in [-0.25, -0.2) is 0 Å². The summed E-state index contributed by atoms with van der Waals surface area (Å²) in [6.07, 6.45) is -0.514. The second kappa shape index (κ2) is 8.48. The molecule has 1 heterocycles. The zero-order valence-electron chi connectivity index (χ0n) is 8.36. The number of ether oxygens (including phenoxy) is 1. The molecule has 0 atom stereocenters. The summed E-state index contributed by atoms with van der Waals surface area (Å²) in [4.78, 5) is 11.7. The molecule has 0 aromatic heterocycles. The summed E-state index contributed by atoms with van der Waals surface area (Å²) < 4.78 is 5.16. The fourth-order valence-corrected chi connectivity index (χ4v) is 0.982. The van der Waals surface area contributed by atoms with E-state index in [-0.39, 0.29) is 0 Å². The fourth-order valence-electron chi connectivity index (χ4n) is 0.982. The summed E-state index contributed by atoms with van der Waals surface area (Å²) in [5.41, 5.74) is 0. The van der Waals surface area contributed by atoms with Crippen molar-refractivity contribution in [2.45, 2.75) is 13.3 Å². The molecule has 1 fully saturated rings. The Morgan fingerprint density at radius 1 is 1.57 bits per heavy atom. The number of nitriles is 1. The lowest BCUT2D eigenvalue weighted by molar-refractivity contribution is -0.304. The molecule has 1 rings (SSSR count). The molecule has 0 N–H and O–H groups in total. The van der Waals surface area contributed by atoms with Crippen LogP contribution in [0.3, 0.4) is 0 Å². The van der Waals surface area contributed by atoms with Gasteiger partial charge in [-0.05, 0) is 6.54 Å². The van der Waals surface area contributed by atoms with Crippen molar-refractivity contribution in [1.29, 1.82) is 5.26 Å². The molecule has 14 heavy (non-hydrogen) atoms. The quantitative estimate of drug-likeness (QED) is 0.569. The van der Waals surface area contributed by atoms with E-state index in [4.69, 9.17) is 10.00 Å². The highest BCUT2D eigenvalue weighted by atomic mass is 16.5. The molecular formula is C9H15N2O3-. The van der Waals surface area contributed by atoms with E-state index in [1.54, 1.807) is 0 Å². The number of carbonyl (C=O) groups is 1. The highest BCUT2D eigenvalue weighted by Gasteiger charge is 2.05. The molecule has 0 aromatic rings. The van der Waals surface area contributed by atoms with Gasteiger partial charge in [0.25, 0.3) is 0 Å². The van der Waals surface area contributed by atoms with Crippen LogP contribution in [0, 0.1) is 11.3 Å². The first kappa shape index (κ1) is 12.9. The van der Waals surface area contributed by atoms with Crippen LogP contribution >= 0.6 is 0 Å². The zero-order valence-corrected chi connectivity index (χ0v) is 8.36. The summed E-state index contributed by atoms with van der Waals surface area (Å²) in [6, 6.07) is 1.41. The van der Waals surface area contributed by atoms with E-state index in [0.29, 0.717) is 0 Å². The minimum Gasteiger partial charge on any atom is -0.549 e. The van der Waals surface area contributed by atoms with Gasteiger partial charge in [0.1, 0.15) is 0 Å². The molecule has 80 valence electrons. The van der Waals surface area contributed by atoms with E-state index in [9.17, 15) is 9.90 Å². The number of carbonyl (C=O) groups excluding carboxylic acids is 1. The van der Waals surface area contributed by atoms with Crippen molar-refractivity contribution in [2.24, 2.45) is 0 Å². The monoisotopic (exact) mass is 199 g/mol. The van der Waals surface area contributed by atoms with Crippen LogP contribution < -0.4 is 5.11 Å². The molecule has 0 unspecified atom stereocenters. The van der Waals surface area contributed by atoms with Crippen LogP contribution in [0.2, 0.25) is 0 Å².